The number of halogens is 1. The highest BCUT2D eigenvalue weighted by atomic mass is 35.5. The molecule has 3 N–H and O–H groups in total. The van der Waals surface area contributed by atoms with E-state index in [9.17, 15) is 4.79 Å². The summed E-state index contributed by atoms with van der Waals surface area (Å²) in [6.45, 7) is 0. The van der Waals surface area contributed by atoms with E-state index in [1.807, 2.05) is 24.3 Å². The molecule has 25 heavy (non-hydrogen) atoms. The predicted molar refractivity (Wildman–Crippen MR) is 106 cm³/mol. The lowest BCUT2D eigenvalue weighted by Crippen LogP contribution is -2.53. The number of amides is 1. The summed E-state index contributed by atoms with van der Waals surface area (Å²) in [5.74, 6) is 3.03. The topological polar surface area (TPSA) is 64.3 Å². The minimum absolute atomic E-state index is 0. The van der Waals surface area contributed by atoms with Gasteiger partial charge < -0.3 is 15.8 Å². The first-order valence-corrected chi connectivity index (χ1v) is 9.96. The van der Waals surface area contributed by atoms with Gasteiger partial charge in [-0.1, -0.05) is 6.42 Å². The molecule has 0 aliphatic heterocycles. The Kier molecular flexibility index (Phi) is 7.91. The minimum Gasteiger partial charge on any atom is -0.497 e. The van der Waals surface area contributed by atoms with Crippen molar-refractivity contribution in [1.82, 2.24) is 5.32 Å². The number of nitrogens with one attached hydrogen (secondary N) is 1. The maximum Gasteiger partial charge on any atom is 0.221 e. The Morgan fingerprint density at radius 2 is 1.88 bits per heavy atom. The number of benzene rings is 1. The molecule has 1 aromatic carbocycles. The van der Waals surface area contributed by atoms with E-state index in [0.717, 1.165) is 24.3 Å². The second-order valence-electron chi connectivity index (χ2n) is 7.05. The van der Waals surface area contributed by atoms with Crippen LogP contribution in [0.25, 0.3) is 0 Å². The molecule has 0 aromatic heterocycles. The van der Waals surface area contributed by atoms with Gasteiger partial charge in [-0.05, 0) is 61.8 Å². The average Bonchev–Trinajstić information content (AvgIpc) is 2.56. The van der Waals surface area contributed by atoms with Crippen molar-refractivity contribution in [2.75, 3.05) is 12.9 Å². The molecule has 0 heterocycles. The molecule has 3 rings (SSSR count). The van der Waals surface area contributed by atoms with Crippen LogP contribution in [0.2, 0.25) is 0 Å². The first kappa shape index (κ1) is 20.4. The lowest BCUT2D eigenvalue weighted by Gasteiger charge is -2.45. The van der Waals surface area contributed by atoms with Crippen LogP contribution in [0.4, 0.5) is 0 Å². The molecule has 2 aliphatic carbocycles. The maximum absolute atomic E-state index is 12.3. The number of hydrogen-bond donors (Lipinski definition) is 2. The van der Waals surface area contributed by atoms with Crippen molar-refractivity contribution in [3.05, 3.63) is 24.3 Å². The fourth-order valence-electron chi connectivity index (χ4n) is 4.22. The summed E-state index contributed by atoms with van der Waals surface area (Å²) in [7, 11) is 1.67. The predicted octanol–water partition coefficient (Wildman–Crippen LogP) is 3.62. The van der Waals surface area contributed by atoms with E-state index >= 15 is 0 Å². The Morgan fingerprint density at radius 3 is 2.48 bits per heavy atom. The Balaban J connectivity index is 0.00000225. The van der Waals surface area contributed by atoms with Gasteiger partial charge in [-0.2, -0.15) is 0 Å². The first-order valence-electron chi connectivity index (χ1n) is 8.97. The first-order chi connectivity index (χ1) is 11.7. The number of ether oxygens (including phenoxy) is 1. The van der Waals surface area contributed by atoms with E-state index in [4.69, 9.17) is 10.5 Å². The molecule has 0 radical (unpaired) electrons. The summed E-state index contributed by atoms with van der Waals surface area (Å²) in [6, 6.07) is 8.67. The van der Waals surface area contributed by atoms with Gasteiger partial charge >= 0.3 is 0 Å². The van der Waals surface area contributed by atoms with Gasteiger partial charge in [-0.15, -0.1) is 24.2 Å². The van der Waals surface area contributed by atoms with Gasteiger partial charge in [0.05, 0.1) is 7.11 Å². The largest absolute Gasteiger partial charge is 0.497 e. The Morgan fingerprint density at radius 1 is 1.24 bits per heavy atom. The third kappa shape index (κ3) is 5.53. The second kappa shape index (κ2) is 9.70. The molecule has 2 aliphatic rings. The van der Waals surface area contributed by atoms with Crippen molar-refractivity contribution in [2.24, 2.45) is 17.6 Å². The number of hydrogen-bond acceptors (Lipinski definition) is 4. The molecule has 0 spiro atoms. The highest BCUT2D eigenvalue weighted by Crippen LogP contribution is 2.39. The molecular weight excluding hydrogens is 356 g/mol. The van der Waals surface area contributed by atoms with Crippen molar-refractivity contribution in [1.29, 1.82) is 0 Å². The van der Waals surface area contributed by atoms with Gasteiger partial charge in [-0.25, -0.2) is 0 Å². The molecule has 2 unspecified atom stereocenters. The Bertz CT molecular complexity index is 541. The smallest absolute Gasteiger partial charge is 0.221 e. The second-order valence-corrected chi connectivity index (χ2v) is 8.22. The van der Waals surface area contributed by atoms with Gasteiger partial charge in [0.25, 0.3) is 0 Å². The summed E-state index contributed by atoms with van der Waals surface area (Å²) in [6.07, 6.45) is 6.44. The van der Waals surface area contributed by atoms with Gasteiger partial charge in [0.1, 0.15) is 5.75 Å². The van der Waals surface area contributed by atoms with E-state index in [-0.39, 0.29) is 18.3 Å². The van der Waals surface area contributed by atoms with Crippen LogP contribution < -0.4 is 15.8 Å². The number of fused-ring (bicyclic) bond motifs is 2. The zero-order valence-corrected chi connectivity index (χ0v) is 16.4. The SMILES string of the molecule is COc1ccc(SCCC(=O)NC2C3CCCC2CC(N)C3)cc1.Cl. The average molecular weight is 385 g/mol. The van der Waals surface area contributed by atoms with Gasteiger partial charge in [0.2, 0.25) is 5.91 Å². The number of methoxy groups -OCH3 is 1. The summed E-state index contributed by atoms with van der Waals surface area (Å²) in [4.78, 5) is 13.5. The van der Waals surface area contributed by atoms with Crippen LogP contribution in [0, 0.1) is 11.8 Å². The Hall–Kier alpha value is -0.910. The quantitative estimate of drug-likeness (QED) is 0.735. The van der Waals surface area contributed by atoms with Gasteiger partial charge in [0, 0.05) is 29.2 Å². The van der Waals surface area contributed by atoms with Crippen LogP contribution in [-0.4, -0.2) is 30.9 Å². The molecule has 1 aromatic rings. The molecule has 140 valence electrons. The highest BCUT2D eigenvalue weighted by Gasteiger charge is 2.39. The van der Waals surface area contributed by atoms with E-state index < -0.39 is 0 Å². The van der Waals surface area contributed by atoms with Crippen molar-refractivity contribution < 1.29 is 9.53 Å². The standard InChI is InChI=1S/C19H28N2O2S.ClH/c1-23-16-5-7-17(8-6-16)24-10-9-18(22)21-19-13-3-2-4-14(19)12-15(20)11-13;/h5-8,13-15,19H,2-4,9-12,20H2,1H3,(H,21,22);1H. The van der Waals surface area contributed by atoms with E-state index in [1.165, 1.54) is 24.2 Å². The third-order valence-corrected chi connectivity index (χ3v) is 6.38. The minimum atomic E-state index is 0. The van der Waals surface area contributed by atoms with Gasteiger partial charge in [-0.3, -0.25) is 4.79 Å². The summed E-state index contributed by atoms with van der Waals surface area (Å²) < 4.78 is 5.16. The fourth-order valence-corrected chi connectivity index (χ4v) is 5.07. The van der Waals surface area contributed by atoms with Crippen LogP contribution >= 0.6 is 24.2 Å². The molecule has 2 atom stereocenters. The molecule has 2 saturated carbocycles. The molecular formula is C19H29ClN2O2S. The van der Waals surface area contributed by atoms with Crippen LogP contribution in [-0.2, 0) is 4.79 Å². The van der Waals surface area contributed by atoms with E-state index in [2.05, 4.69) is 5.32 Å². The summed E-state index contributed by atoms with van der Waals surface area (Å²) in [5, 5.41) is 3.32. The van der Waals surface area contributed by atoms with Crippen molar-refractivity contribution in [3.63, 3.8) is 0 Å². The van der Waals surface area contributed by atoms with Crippen molar-refractivity contribution >= 4 is 30.1 Å². The van der Waals surface area contributed by atoms with Gasteiger partial charge in [0.15, 0.2) is 0 Å². The Labute approximate surface area is 161 Å². The zero-order valence-electron chi connectivity index (χ0n) is 14.8. The third-order valence-electron chi connectivity index (χ3n) is 5.36. The van der Waals surface area contributed by atoms with Crippen LogP contribution in [0.15, 0.2) is 29.2 Å². The number of thioether (sulfide) groups is 1. The molecule has 0 saturated heterocycles. The maximum atomic E-state index is 12.3. The van der Waals surface area contributed by atoms with Crippen molar-refractivity contribution in [2.45, 2.75) is 55.5 Å². The van der Waals surface area contributed by atoms with E-state index in [1.54, 1.807) is 18.9 Å². The van der Waals surface area contributed by atoms with Crippen LogP contribution in [0.5, 0.6) is 5.75 Å². The number of rotatable bonds is 6. The number of nitrogens with two attached hydrogens (primary N) is 1. The van der Waals surface area contributed by atoms with E-state index in [0.29, 0.717) is 30.3 Å². The van der Waals surface area contributed by atoms with Crippen molar-refractivity contribution in [3.8, 4) is 5.75 Å². The molecule has 4 nitrogen and oxygen atoms in total. The monoisotopic (exact) mass is 384 g/mol. The molecule has 2 bridgehead atoms. The molecule has 1 amide bonds. The molecule has 6 heteroatoms. The summed E-state index contributed by atoms with van der Waals surface area (Å²) in [5.41, 5.74) is 6.16. The number of carbonyl (C=O) groups is 1. The van der Waals surface area contributed by atoms with Crippen LogP contribution in [0.1, 0.15) is 38.5 Å². The lowest BCUT2D eigenvalue weighted by molar-refractivity contribution is -0.123. The normalized spacial score (nSPS) is 27.9. The van der Waals surface area contributed by atoms with Crippen LogP contribution in [0.3, 0.4) is 0 Å². The highest BCUT2D eigenvalue weighted by molar-refractivity contribution is 7.99. The lowest BCUT2D eigenvalue weighted by atomic mass is 9.67. The number of carbonyl (C=O) groups excluding carboxylic acids is 1. The summed E-state index contributed by atoms with van der Waals surface area (Å²) >= 11 is 1.72. The molecule has 2 fully saturated rings. The fraction of sp³-hybridized carbons (Fsp3) is 0.632. The zero-order chi connectivity index (χ0) is 16.9.